The van der Waals surface area contributed by atoms with E-state index in [9.17, 15) is 4.79 Å². The summed E-state index contributed by atoms with van der Waals surface area (Å²) in [6, 6.07) is 5.59. The van der Waals surface area contributed by atoms with Gasteiger partial charge in [-0.3, -0.25) is 4.79 Å². The van der Waals surface area contributed by atoms with Crippen molar-refractivity contribution in [2.75, 3.05) is 12.4 Å². The molecule has 4 nitrogen and oxygen atoms in total. The van der Waals surface area contributed by atoms with Crippen molar-refractivity contribution in [3.63, 3.8) is 0 Å². The predicted molar refractivity (Wildman–Crippen MR) is 67.6 cm³/mol. The molecule has 0 aliphatic heterocycles. The van der Waals surface area contributed by atoms with Gasteiger partial charge >= 0.3 is 0 Å². The summed E-state index contributed by atoms with van der Waals surface area (Å²) in [5, 5.41) is 3.19. The summed E-state index contributed by atoms with van der Waals surface area (Å²) in [4.78, 5) is 10.8. The van der Waals surface area contributed by atoms with Crippen LogP contribution in [0.5, 0.6) is 5.75 Å². The Morgan fingerprint density at radius 2 is 2.31 bits per heavy atom. The van der Waals surface area contributed by atoms with E-state index in [0.717, 1.165) is 15.9 Å². The smallest absolute Gasteiger partial charge is 0.219 e. The quantitative estimate of drug-likeness (QED) is 0.872. The highest BCUT2D eigenvalue weighted by atomic mass is 79.9. The van der Waals surface area contributed by atoms with E-state index in [1.165, 1.54) is 0 Å². The highest BCUT2D eigenvalue weighted by Gasteiger charge is 2.08. The third kappa shape index (κ3) is 3.73. The van der Waals surface area contributed by atoms with E-state index in [1.54, 1.807) is 7.11 Å². The number of carbonyl (C=O) groups excluding carboxylic acids is 1. The van der Waals surface area contributed by atoms with Gasteiger partial charge in [-0.05, 0) is 35.0 Å². The lowest BCUT2D eigenvalue weighted by molar-refractivity contribution is -0.118. The van der Waals surface area contributed by atoms with E-state index in [4.69, 9.17) is 10.5 Å². The molecule has 0 saturated carbocycles. The van der Waals surface area contributed by atoms with E-state index in [0.29, 0.717) is 6.42 Å². The van der Waals surface area contributed by atoms with Crippen molar-refractivity contribution in [1.29, 1.82) is 0 Å². The van der Waals surface area contributed by atoms with Crippen molar-refractivity contribution in [3.05, 3.63) is 22.7 Å². The largest absolute Gasteiger partial charge is 0.497 e. The molecule has 0 aromatic heterocycles. The average molecular weight is 287 g/mol. The van der Waals surface area contributed by atoms with Crippen molar-refractivity contribution in [1.82, 2.24) is 0 Å². The van der Waals surface area contributed by atoms with Crippen molar-refractivity contribution in [3.8, 4) is 5.75 Å². The SMILES string of the molecule is COc1ccc(Br)c(NC(C)CC(N)=O)c1. The molecule has 1 atom stereocenters. The second-order valence-electron chi connectivity index (χ2n) is 3.56. The molecule has 88 valence electrons. The van der Waals surface area contributed by atoms with Gasteiger partial charge < -0.3 is 15.8 Å². The molecule has 0 aliphatic carbocycles. The Bertz CT molecular complexity index is 382. The fraction of sp³-hybridized carbons (Fsp3) is 0.364. The number of ether oxygens (including phenoxy) is 1. The summed E-state index contributed by atoms with van der Waals surface area (Å²) in [5.41, 5.74) is 6.01. The number of rotatable bonds is 5. The van der Waals surface area contributed by atoms with Gasteiger partial charge in [-0.1, -0.05) is 0 Å². The van der Waals surface area contributed by atoms with Gasteiger partial charge in [0, 0.05) is 23.0 Å². The number of methoxy groups -OCH3 is 1. The third-order valence-electron chi connectivity index (χ3n) is 2.08. The van der Waals surface area contributed by atoms with Crippen LogP contribution in [0.15, 0.2) is 22.7 Å². The number of primary amides is 1. The van der Waals surface area contributed by atoms with Crippen molar-refractivity contribution >= 4 is 27.5 Å². The molecular formula is C11H15BrN2O2. The molecule has 0 spiro atoms. The van der Waals surface area contributed by atoms with Crippen LogP contribution >= 0.6 is 15.9 Å². The van der Waals surface area contributed by atoms with E-state index in [-0.39, 0.29) is 11.9 Å². The standard InChI is InChI=1S/C11H15BrN2O2/c1-7(5-11(13)15)14-10-6-8(16-2)3-4-9(10)12/h3-4,6-7,14H,5H2,1-2H3,(H2,13,15). The van der Waals surface area contributed by atoms with Gasteiger partial charge in [-0.25, -0.2) is 0 Å². The maximum absolute atomic E-state index is 10.8. The van der Waals surface area contributed by atoms with E-state index < -0.39 is 0 Å². The van der Waals surface area contributed by atoms with E-state index in [2.05, 4.69) is 21.2 Å². The molecule has 0 saturated heterocycles. The molecule has 5 heteroatoms. The molecule has 0 radical (unpaired) electrons. The highest BCUT2D eigenvalue weighted by Crippen LogP contribution is 2.27. The Morgan fingerprint density at radius 1 is 1.62 bits per heavy atom. The van der Waals surface area contributed by atoms with Crippen molar-refractivity contribution in [2.45, 2.75) is 19.4 Å². The summed E-state index contributed by atoms with van der Waals surface area (Å²) in [6.07, 6.45) is 0.295. The topological polar surface area (TPSA) is 64.3 Å². The molecule has 3 N–H and O–H groups in total. The van der Waals surface area contributed by atoms with Crippen LogP contribution in [0, 0.1) is 0 Å². The van der Waals surface area contributed by atoms with Crippen LogP contribution in [-0.2, 0) is 4.79 Å². The number of amides is 1. The number of anilines is 1. The first-order valence-electron chi connectivity index (χ1n) is 4.91. The second-order valence-corrected chi connectivity index (χ2v) is 4.42. The van der Waals surface area contributed by atoms with Gasteiger partial charge in [0.1, 0.15) is 5.75 Å². The van der Waals surface area contributed by atoms with Gasteiger partial charge in [0.25, 0.3) is 0 Å². The van der Waals surface area contributed by atoms with Gasteiger partial charge in [0.15, 0.2) is 0 Å². The minimum Gasteiger partial charge on any atom is -0.497 e. The monoisotopic (exact) mass is 286 g/mol. The van der Waals surface area contributed by atoms with Crippen LogP contribution in [0.1, 0.15) is 13.3 Å². The first kappa shape index (κ1) is 12.8. The van der Waals surface area contributed by atoms with E-state index in [1.807, 2.05) is 25.1 Å². The molecule has 1 rings (SSSR count). The lowest BCUT2D eigenvalue weighted by atomic mass is 10.2. The Hall–Kier alpha value is -1.23. The molecule has 1 aromatic carbocycles. The van der Waals surface area contributed by atoms with Gasteiger partial charge in [0.05, 0.1) is 12.8 Å². The zero-order valence-corrected chi connectivity index (χ0v) is 10.9. The summed E-state index contributed by atoms with van der Waals surface area (Å²) in [7, 11) is 1.61. The maximum Gasteiger partial charge on any atom is 0.219 e. The average Bonchev–Trinajstić information content (AvgIpc) is 2.20. The van der Waals surface area contributed by atoms with Crippen LogP contribution in [0.25, 0.3) is 0 Å². The maximum atomic E-state index is 10.8. The molecular weight excluding hydrogens is 272 g/mol. The van der Waals surface area contributed by atoms with Crippen LogP contribution in [0.4, 0.5) is 5.69 Å². The van der Waals surface area contributed by atoms with Crippen LogP contribution in [-0.4, -0.2) is 19.1 Å². The molecule has 1 unspecified atom stereocenters. The number of carbonyl (C=O) groups is 1. The summed E-state index contributed by atoms with van der Waals surface area (Å²) in [6.45, 7) is 1.90. The predicted octanol–water partition coefficient (Wildman–Crippen LogP) is 2.13. The number of nitrogens with one attached hydrogen (secondary N) is 1. The Balaban J connectivity index is 2.75. The molecule has 1 aromatic rings. The highest BCUT2D eigenvalue weighted by molar-refractivity contribution is 9.10. The number of hydrogen-bond donors (Lipinski definition) is 2. The summed E-state index contributed by atoms with van der Waals surface area (Å²) in [5.74, 6) is 0.441. The van der Waals surface area contributed by atoms with Crippen LogP contribution in [0.3, 0.4) is 0 Å². The number of nitrogens with two attached hydrogens (primary N) is 1. The molecule has 0 fully saturated rings. The van der Waals surface area contributed by atoms with Crippen LogP contribution in [0.2, 0.25) is 0 Å². The Morgan fingerprint density at radius 3 is 2.88 bits per heavy atom. The lowest BCUT2D eigenvalue weighted by Crippen LogP contribution is -2.24. The summed E-state index contributed by atoms with van der Waals surface area (Å²) < 4.78 is 6.04. The van der Waals surface area contributed by atoms with Gasteiger partial charge in [-0.2, -0.15) is 0 Å². The third-order valence-corrected chi connectivity index (χ3v) is 2.77. The molecule has 0 aliphatic rings. The molecule has 0 heterocycles. The minimum atomic E-state index is -0.320. The van der Waals surface area contributed by atoms with Gasteiger partial charge in [0.2, 0.25) is 5.91 Å². The fourth-order valence-electron chi connectivity index (χ4n) is 1.36. The number of halogens is 1. The van der Waals surface area contributed by atoms with E-state index >= 15 is 0 Å². The number of benzene rings is 1. The first-order chi connectivity index (χ1) is 7.52. The zero-order chi connectivity index (χ0) is 12.1. The first-order valence-corrected chi connectivity index (χ1v) is 5.70. The Labute approximate surface area is 103 Å². The molecule has 16 heavy (non-hydrogen) atoms. The number of hydrogen-bond acceptors (Lipinski definition) is 3. The minimum absolute atomic E-state index is 0.0130. The molecule has 0 bridgehead atoms. The van der Waals surface area contributed by atoms with Gasteiger partial charge in [-0.15, -0.1) is 0 Å². The normalized spacial score (nSPS) is 11.9. The van der Waals surface area contributed by atoms with Crippen LogP contribution < -0.4 is 15.8 Å². The summed E-state index contributed by atoms with van der Waals surface area (Å²) >= 11 is 3.42. The Kier molecular flexibility index (Phi) is 4.61. The lowest BCUT2D eigenvalue weighted by Gasteiger charge is -2.15. The second kappa shape index (κ2) is 5.75. The zero-order valence-electron chi connectivity index (χ0n) is 9.29. The molecule has 1 amide bonds. The van der Waals surface area contributed by atoms with Crippen molar-refractivity contribution < 1.29 is 9.53 Å². The van der Waals surface area contributed by atoms with Crippen molar-refractivity contribution in [2.24, 2.45) is 5.73 Å². The fourth-order valence-corrected chi connectivity index (χ4v) is 1.72.